The van der Waals surface area contributed by atoms with Gasteiger partial charge in [-0.1, -0.05) is 44.9 Å². The van der Waals surface area contributed by atoms with Gasteiger partial charge in [0.1, 0.15) is 0 Å². The standard InChI is InChI=1S/C32H59N12.Zn/c33-43-44-42-23-15-7-14-22-24(23)32-40-30-21-13-6-5-12-20(21)28(38-30)36-26-17-9-2-1-8-16(17)25(34-26)35-27-18-10-3-4-11-19(18)29(37-27)39-31(22)41-32;/h16-44H,1-15H2;/q-1;. The van der Waals surface area contributed by atoms with E-state index in [2.05, 4.69) is 59.0 Å². The van der Waals surface area contributed by atoms with Crippen LogP contribution in [-0.4, -0.2) is 55.4 Å². The summed E-state index contributed by atoms with van der Waals surface area (Å²) in [6, 6.07) is 0.305. The van der Waals surface area contributed by atoms with Crippen molar-refractivity contribution in [3.05, 3.63) is 5.84 Å². The molecule has 0 spiro atoms. The largest absolute Gasteiger partial charge is 0.597 e. The Kier molecular flexibility index (Phi) is 9.93. The molecule has 12 nitrogen and oxygen atoms in total. The zero-order chi connectivity index (χ0) is 29.2. The van der Waals surface area contributed by atoms with Crippen LogP contribution in [0, 0.1) is 47.3 Å². The van der Waals surface area contributed by atoms with E-state index in [1.54, 1.807) is 0 Å². The molecule has 9 fully saturated rings. The third-order valence-corrected chi connectivity index (χ3v) is 14.2. The summed E-state index contributed by atoms with van der Waals surface area (Å²) < 4.78 is 0. The molecule has 45 heavy (non-hydrogen) atoms. The van der Waals surface area contributed by atoms with Gasteiger partial charge in [0, 0.05) is 31.4 Å². The van der Waals surface area contributed by atoms with Crippen LogP contribution in [0.5, 0.6) is 0 Å². The Morgan fingerprint density at radius 1 is 0.378 bits per heavy atom. The van der Waals surface area contributed by atoms with E-state index < -0.39 is 0 Å². The molecule has 4 aliphatic carbocycles. The van der Waals surface area contributed by atoms with Crippen LogP contribution >= 0.6 is 0 Å². The summed E-state index contributed by atoms with van der Waals surface area (Å²) in [4.78, 5) is 0. The van der Waals surface area contributed by atoms with E-state index in [1.807, 2.05) is 0 Å². The summed E-state index contributed by atoms with van der Waals surface area (Å²) in [5.41, 5.74) is 8.80. The van der Waals surface area contributed by atoms with E-state index in [4.69, 9.17) is 5.84 Å². The van der Waals surface area contributed by atoms with Gasteiger partial charge in [-0.2, -0.15) is 0 Å². The monoisotopic (exact) mass is 675 g/mol. The van der Waals surface area contributed by atoms with Gasteiger partial charge in [-0.05, 0) is 92.8 Å². The second kappa shape index (κ2) is 13.8. The number of hydrogen-bond acceptors (Lipinski definition) is 11. The second-order valence-electron chi connectivity index (χ2n) is 16.2. The average molecular weight is 677 g/mol. The van der Waals surface area contributed by atoms with E-state index >= 15 is 0 Å². The summed E-state index contributed by atoms with van der Waals surface area (Å²) in [5.74, 6) is 12.6. The number of rotatable bonds is 3. The molecular weight excluding hydrogens is 618 g/mol. The van der Waals surface area contributed by atoms with Crippen LogP contribution in [0.25, 0.3) is 5.84 Å². The van der Waals surface area contributed by atoms with Crippen LogP contribution in [0.15, 0.2) is 0 Å². The third-order valence-electron chi connectivity index (χ3n) is 14.2. The van der Waals surface area contributed by atoms with Gasteiger partial charge in [0.05, 0.1) is 49.3 Å². The quantitative estimate of drug-likeness (QED) is 0.154. The number of hydrazine groups is 2. The van der Waals surface area contributed by atoms with Crippen LogP contribution < -0.4 is 59.0 Å². The molecule has 8 bridgehead atoms. The van der Waals surface area contributed by atoms with Gasteiger partial charge in [0.15, 0.2) is 0 Å². The molecule has 250 valence electrons. The number of nitrogens with one attached hydrogen (secondary N) is 12. The Morgan fingerprint density at radius 2 is 0.689 bits per heavy atom. The van der Waals surface area contributed by atoms with Crippen molar-refractivity contribution >= 4 is 0 Å². The minimum atomic E-state index is 0. The summed E-state index contributed by atoms with van der Waals surface area (Å²) in [6.45, 7) is 0. The first-order valence-electron chi connectivity index (χ1n) is 18.8. The van der Waals surface area contributed by atoms with Crippen LogP contribution in [-0.2, 0) is 19.5 Å². The molecule has 0 aromatic rings. The van der Waals surface area contributed by atoms with Gasteiger partial charge in [0.2, 0.25) is 0 Å². The zero-order valence-corrected chi connectivity index (χ0v) is 30.1. The Labute approximate surface area is 282 Å². The van der Waals surface area contributed by atoms with E-state index in [-0.39, 0.29) is 31.8 Å². The van der Waals surface area contributed by atoms with Crippen molar-refractivity contribution < 1.29 is 19.5 Å². The Bertz CT molecular complexity index is 1010. The summed E-state index contributed by atoms with van der Waals surface area (Å²) in [6.07, 6.45) is 22.3. The van der Waals surface area contributed by atoms with Crippen molar-refractivity contribution in [1.29, 1.82) is 0 Å². The van der Waals surface area contributed by atoms with Crippen molar-refractivity contribution in [3.8, 4) is 0 Å². The molecule has 17 unspecified atom stereocenters. The molecule has 0 aromatic heterocycles. The van der Waals surface area contributed by atoms with Crippen molar-refractivity contribution in [2.24, 2.45) is 47.3 Å². The van der Waals surface area contributed by atoms with Crippen LogP contribution in [0.4, 0.5) is 0 Å². The Balaban J connectivity index is 0.00000300. The van der Waals surface area contributed by atoms with Gasteiger partial charge in [-0.3, -0.25) is 42.5 Å². The van der Waals surface area contributed by atoms with E-state index in [0.29, 0.717) is 90.4 Å². The minimum Gasteiger partial charge on any atom is -0.597 e. The van der Waals surface area contributed by atoms with Crippen molar-refractivity contribution in [2.75, 3.05) is 0 Å². The molecule has 9 aliphatic rings. The molecule has 5 saturated heterocycles. The smallest absolute Gasteiger partial charge is 0.0644 e. The predicted octanol–water partition coefficient (Wildman–Crippen LogP) is 1.15. The summed E-state index contributed by atoms with van der Waals surface area (Å²) >= 11 is 0. The molecule has 5 heterocycles. The normalized spacial score (nSPS) is 53.9. The first kappa shape index (κ1) is 32.4. The second-order valence-corrected chi connectivity index (χ2v) is 16.2. The molecule has 0 radical (unpaired) electrons. The van der Waals surface area contributed by atoms with Gasteiger partial charge in [-0.15, -0.1) is 0 Å². The van der Waals surface area contributed by atoms with Crippen molar-refractivity contribution in [3.63, 3.8) is 0 Å². The fourth-order valence-corrected chi connectivity index (χ4v) is 12.4. The van der Waals surface area contributed by atoms with Gasteiger partial charge >= 0.3 is 0 Å². The predicted molar refractivity (Wildman–Crippen MR) is 170 cm³/mol. The fourth-order valence-electron chi connectivity index (χ4n) is 12.4. The SMILES string of the molecule is [NH-]NNNC1CCCC2C3NC4NC(NC5NC(NC6NC(NC(N3)C12)C1CCCCC61)C1CCCCC51)C1CCCCC41.[Zn]. The maximum atomic E-state index is 7.51. The molecule has 13 heteroatoms. The van der Waals surface area contributed by atoms with Crippen molar-refractivity contribution in [1.82, 2.24) is 59.0 Å². The molecule has 12 N–H and O–H groups in total. The number of hydrogen-bond donors (Lipinski definition) is 11. The van der Waals surface area contributed by atoms with Crippen LogP contribution in [0.2, 0.25) is 0 Å². The first-order valence-corrected chi connectivity index (χ1v) is 18.8. The zero-order valence-electron chi connectivity index (χ0n) is 27.1. The maximum absolute atomic E-state index is 7.51. The van der Waals surface area contributed by atoms with Gasteiger partial charge in [-0.25, -0.2) is 11.0 Å². The minimum absolute atomic E-state index is 0. The fraction of sp³-hybridized carbons (Fsp3) is 1.00. The average Bonchev–Trinajstić information content (AvgIpc) is 3.79. The molecule has 5 aliphatic heterocycles. The topological polar surface area (TPSA) is 156 Å². The summed E-state index contributed by atoms with van der Waals surface area (Å²) in [5, 5.41) is 33.6. The van der Waals surface area contributed by atoms with E-state index in [1.165, 1.54) is 89.9 Å². The van der Waals surface area contributed by atoms with E-state index in [0.717, 1.165) is 6.42 Å². The molecule has 9 rings (SSSR count). The van der Waals surface area contributed by atoms with Gasteiger partial charge in [0.25, 0.3) is 0 Å². The molecule has 17 atom stereocenters. The maximum Gasteiger partial charge on any atom is 0.0644 e. The molecular formula is C32H59N12Zn-. The van der Waals surface area contributed by atoms with E-state index in [9.17, 15) is 0 Å². The third kappa shape index (κ3) is 5.91. The Morgan fingerprint density at radius 3 is 1.04 bits per heavy atom. The van der Waals surface area contributed by atoms with Crippen LogP contribution in [0.1, 0.15) is 96.3 Å². The molecule has 0 aromatic carbocycles. The van der Waals surface area contributed by atoms with Gasteiger partial charge < -0.3 is 11.4 Å². The summed E-state index contributed by atoms with van der Waals surface area (Å²) in [7, 11) is 0. The first-order chi connectivity index (χ1) is 21.7. The van der Waals surface area contributed by atoms with Crippen LogP contribution in [0.3, 0.4) is 0 Å². The molecule has 0 amide bonds. The molecule has 4 saturated carbocycles. The Hall–Kier alpha value is 0.143. The van der Waals surface area contributed by atoms with Crippen molar-refractivity contribution in [2.45, 2.75) is 152 Å². The number of fused-ring (bicyclic) bond motifs is 20.